The highest BCUT2D eigenvalue weighted by molar-refractivity contribution is 5.75. The predicted molar refractivity (Wildman–Crippen MR) is 93.4 cm³/mol. The first-order valence-corrected chi connectivity index (χ1v) is 9.10. The SMILES string of the molecule is COc1cccc2c1CC[C@H]2NC(=O)N1CC[C@H]2CC[C@@H](C1)N2C. The van der Waals surface area contributed by atoms with Gasteiger partial charge in [-0.05, 0) is 56.3 Å². The number of fused-ring (bicyclic) bond motifs is 3. The number of likely N-dealkylation sites (tertiary alicyclic amines) is 1. The van der Waals surface area contributed by atoms with E-state index in [1.165, 1.54) is 24.0 Å². The summed E-state index contributed by atoms with van der Waals surface area (Å²) in [4.78, 5) is 17.3. The molecule has 5 heteroatoms. The van der Waals surface area contributed by atoms with Crippen LogP contribution in [0.4, 0.5) is 4.79 Å². The van der Waals surface area contributed by atoms with Gasteiger partial charge in [-0.3, -0.25) is 4.90 Å². The van der Waals surface area contributed by atoms with Crippen LogP contribution in [0.5, 0.6) is 5.75 Å². The molecule has 0 unspecified atom stereocenters. The van der Waals surface area contributed by atoms with Crippen LogP contribution in [-0.4, -0.2) is 55.2 Å². The van der Waals surface area contributed by atoms with Gasteiger partial charge in [-0.25, -0.2) is 4.79 Å². The van der Waals surface area contributed by atoms with E-state index in [2.05, 4.69) is 23.3 Å². The first-order chi connectivity index (χ1) is 11.7. The van der Waals surface area contributed by atoms with Crippen LogP contribution in [0.3, 0.4) is 0 Å². The second kappa shape index (κ2) is 6.28. The average Bonchev–Trinajstić information content (AvgIpc) is 3.08. The minimum absolute atomic E-state index is 0.0941. The van der Waals surface area contributed by atoms with Gasteiger partial charge in [-0.2, -0.15) is 0 Å². The fourth-order valence-electron chi connectivity index (χ4n) is 4.70. The first kappa shape index (κ1) is 15.8. The zero-order chi connectivity index (χ0) is 16.7. The highest BCUT2D eigenvalue weighted by Crippen LogP contribution is 2.37. The van der Waals surface area contributed by atoms with Crippen molar-refractivity contribution in [1.29, 1.82) is 0 Å². The van der Waals surface area contributed by atoms with Gasteiger partial charge in [0, 0.05) is 25.2 Å². The normalized spacial score (nSPS) is 29.2. The van der Waals surface area contributed by atoms with Gasteiger partial charge in [0.25, 0.3) is 0 Å². The van der Waals surface area contributed by atoms with Crippen LogP contribution in [0, 0.1) is 0 Å². The molecule has 2 amide bonds. The molecule has 2 heterocycles. The number of carbonyl (C=O) groups is 1. The van der Waals surface area contributed by atoms with Crippen LogP contribution < -0.4 is 10.1 Å². The summed E-state index contributed by atoms with van der Waals surface area (Å²) in [6, 6.07) is 7.53. The molecule has 3 aliphatic rings. The quantitative estimate of drug-likeness (QED) is 0.907. The molecule has 5 nitrogen and oxygen atoms in total. The third-order valence-electron chi connectivity index (χ3n) is 6.18. The first-order valence-electron chi connectivity index (χ1n) is 9.10. The molecule has 2 fully saturated rings. The van der Waals surface area contributed by atoms with Crippen molar-refractivity contribution in [3.8, 4) is 5.75 Å². The van der Waals surface area contributed by atoms with Crippen LogP contribution in [0.2, 0.25) is 0 Å². The monoisotopic (exact) mass is 329 g/mol. The lowest BCUT2D eigenvalue weighted by Crippen LogP contribution is -2.45. The number of hydrogen-bond acceptors (Lipinski definition) is 3. The molecule has 0 radical (unpaired) electrons. The molecule has 1 aromatic carbocycles. The number of urea groups is 1. The van der Waals surface area contributed by atoms with Crippen molar-refractivity contribution >= 4 is 6.03 Å². The Morgan fingerprint density at radius 1 is 1.21 bits per heavy atom. The minimum atomic E-state index is 0.0941. The Bertz CT molecular complexity index is 633. The number of likely N-dealkylation sites (N-methyl/N-ethyl adjacent to an activating group) is 1. The Balaban J connectivity index is 1.45. The number of amides is 2. The van der Waals surface area contributed by atoms with Crippen molar-refractivity contribution in [1.82, 2.24) is 15.1 Å². The van der Waals surface area contributed by atoms with Crippen LogP contribution in [-0.2, 0) is 6.42 Å². The van der Waals surface area contributed by atoms with E-state index in [1.807, 2.05) is 17.0 Å². The third-order valence-corrected chi connectivity index (χ3v) is 6.18. The van der Waals surface area contributed by atoms with Crippen LogP contribution in [0.15, 0.2) is 18.2 Å². The molecular formula is C19H27N3O2. The summed E-state index contributed by atoms with van der Waals surface area (Å²) in [6.07, 6.45) is 5.52. The molecule has 2 saturated heterocycles. The van der Waals surface area contributed by atoms with Crippen molar-refractivity contribution in [3.05, 3.63) is 29.3 Å². The fourth-order valence-corrected chi connectivity index (χ4v) is 4.70. The van der Waals surface area contributed by atoms with Gasteiger partial charge in [0.1, 0.15) is 5.75 Å². The standard InChI is InChI=1S/C19H27N3O2/c1-21-13-6-7-14(21)12-22(11-10-13)19(23)20-17-9-8-16-15(17)4-3-5-18(16)24-2/h3-5,13-14,17H,6-12H2,1-2H3,(H,20,23)/t13-,14+,17-/m1/s1. The lowest BCUT2D eigenvalue weighted by molar-refractivity contribution is 0.184. The lowest BCUT2D eigenvalue weighted by atomic mass is 10.1. The van der Waals surface area contributed by atoms with Crippen LogP contribution >= 0.6 is 0 Å². The van der Waals surface area contributed by atoms with E-state index < -0.39 is 0 Å². The van der Waals surface area contributed by atoms with Crippen molar-refractivity contribution in [3.63, 3.8) is 0 Å². The largest absolute Gasteiger partial charge is 0.496 e. The average molecular weight is 329 g/mol. The van der Waals surface area contributed by atoms with E-state index >= 15 is 0 Å². The van der Waals surface area contributed by atoms with E-state index in [-0.39, 0.29) is 12.1 Å². The molecule has 1 aliphatic carbocycles. The number of methoxy groups -OCH3 is 1. The van der Waals surface area contributed by atoms with E-state index in [4.69, 9.17) is 4.74 Å². The fraction of sp³-hybridized carbons (Fsp3) is 0.632. The number of rotatable bonds is 2. The number of nitrogens with zero attached hydrogens (tertiary/aromatic N) is 2. The molecule has 3 atom stereocenters. The number of ether oxygens (including phenoxy) is 1. The van der Waals surface area contributed by atoms with Crippen molar-refractivity contribution in [2.24, 2.45) is 0 Å². The van der Waals surface area contributed by atoms with Crippen molar-refractivity contribution in [2.75, 3.05) is 27.2 Å². The molecular weight excluding hydrogens is 302 g/mol. The topological polar surface area (TPSA) is 44.8 Å². The van der Waals surface area contributed by atoms with Gasteiger partial charge in [-0.15, -0.1) is 0 Å². The second-order valence-corrected chi connectivity index (χ2v) is 7.35. The number of benzene rings is 1. The lowest BCUT2D eigenvalue weighted by Gasteiger charge is -2.27. The van der Waals surface area contributed by atoms with E-state index in [0.29, 0.717) is 12.1 Å². The molecule has 24 heavy (non-hydrogen) atoms. The highest BCUT2D eigenvalue weighted by Gasteiger charge is 2.36. The van der Waals surface area contributed by atoms with Crippen LogP contribution in [0.1, 0.15) is 42.9 Å². The van der Waals surface area contributed by atoms with Crippen molar-refractivity contribution in [2.45, 2.75) is 50.2 Å². The summed E-state index contributed by atoms with van der Waals surface area (Å²) in [5.74, 6) is 0.943. The molecule has 2 aliphatic heterocycles. The Kier molecular flexibility index (Phi) is 4.12. The summed E-state index contributed by atoms with van der Waals surface area (Å²) >= 11 is 0. The zero-order valence-corrected chi connectivity index (χ0v) is 14.6. The van der Waals surface area contributed by atoms with Gasteiger partial charge in [0.2, 0.25) is 0 Å². The molecule has 4 rings (SSSR count). The van der Waals surface area contributed by atoms with Gasteiger partial charge in [-0.1, -0.05) is 12.1 Å². The Morgan fingerprint density at radius 2 is 2.04 bits per heavy atom. The number of carbonyl (C=O) groups excluding carboxylic acids is 1. The maximum absolute atomic E-state index is 12.8. The molecule has 1 N–H and O–H groups in total. The van der Waals surface area contributed by atoms with Gasteiger partial charge in [0.15, 0.2) is 0 Å². The van der Waals surface area contributed by atoms with E-state index in [0.717, 1.165) is 38.1 Å². The summed E-state index contributed by atoms with van der Waals surface area (Å²) in [6.45, 7) is 1.73. The molecule has 0 spiro atoms. The second-order valence-electron chi connectivity index (χ2n) is 7.35. The molecule has 130 valence electrons. The number of nitrogens with one attached hydrogen (secondary N) is 1. The Labute approximate surface area is 144 Å². The van der Waals surface area contributed by atoms with E-state index in [1.54, 1.807) is 7.11 Å². The maximum Gasteiger partial charge on any atom is 0.317 e. The summed E-state index contributed by atoms with van der Waals surface area (Å²) < 4.78 is 5.46. The molecule has 0 saturated carbocycles. The summed E-state index contributed by atoms with van der Waals surface area (Å²) in [7, 11) is 3.92. The molecule has 0 aromatic heterocycles. The summed E-state index contributed by atoms with van der Waals surface area (Å²) in [5.41, 5.74) is 2.47. The number of hydrogen-bond donors (Lipinski definition) is 1. The van der Waals surface area contributed by atoms with Gasteiger partial charge < -0.3 is 15.0 Å². The summed E-state index contributed by atoms with van der Waals surface area (Å²) in [5, 5.41) is 3.27. The minimum Gasteiger partial charge on any atom is -0.496 e. The van der Waals surface area contributed by atoms with Gasteiger partial charge >= 0.3 is 6.03 Å². The van der Waals surface area contributed by atoms with Crippen molar-refractivity contribution < 1.29 is 9.53 Å². The highest BCUT2D eigenvalue weighted by atomic mass is 16.5. The van der Waals surface area contributed by atoms with E-state index in [9.17, 15) is 4.79 Å². The zero-order valence-electron chi connectivity index (χ0n) is 14.6. The molecule has 1 aromatic rings. The third kappa shape index (κ3) is 2.65. The molecule has 2 bridgehead atoms. The Morgan fingerprint density at radius 3 is 2.88 bits per heavy atom. The maximum atomic E-state index is 12.8. The predicted octanol–water partition coefficient (Wildman–Crippen LogP) is 2.56. The van der Waals surface area contributed by atoms with Gasteiger partial charge in [0.05, 0.1) is 13.2 Å². The Hall–Kier alpha value is -1.75. The smallest absolute Gasteiger partial charge is 0.317 e. The van der Waals surface area contributed by atoms with Crippen LogP contribution in [0.25, 0.3) is 0 Å².